The van der Waals surface area contributed by atoms with E-state index < -0.39 is 45.3 Å². The summed E-state index contributed by atoms with van der Waals surface area (Å²) in [7, 11) is 0. The van der Waals surface area contributed by atoms with Crippen molar-refractivity contribution in [2.75, 3.05) is 31.1 Å². The van der Waals surface area contributed by atoms with Crippen LogP contribution in [0.3, 0.4) is 0 Å². The smallest absolute Gasteiger partial charge is 0.362 e. The van der Waals surface area contributed by atoms with Gasteiger partial charge in [0.05, 0.1) is 21.6 Å². The number of alkyl halides is 3. The molecule has 0 unspecified atom stereocenters. The minimum atomic E-state index is -4.72. The van der Waals surface area contributed by atoms with Gasteiger partial charge in [-0.15, -0.1) is 0 Å². The van der Waals surface area contributed by atoms with Gasteiger partial charge in [0.15, 0.2) is 0 Å². The summed E-state index contributed by atoms with van der Waals surface area (Å²) in [6, 6.07) is 4.27. The molecule has 1 aromatic carbocycles. The quantitative estimate of drug-likeness (QED) is 0.498. The van der Waals surface area contributed by atoms with Gasteiger partial charge in [-0.1, -0.05) is 0 Å². The van der Waals surface area contributed by atoms with Crippen LogP contribution in [0.4, 0.5) is 30.2 Å². The van der Waals surface area contributed by atoms with Crippen LogP contribution < -0.4 is 10.5 Å². The summed E-state index contributed by atoms with van der Waals surface area (Å²) in [4.78, 5) is 47.8. The number of hydrogen-bond acceptors (Lipinski definition) is 7. The summed E-state index contributed by atoms with van der Waals surface area (Å²) in [6.07, 6.45) is -3.76. The molecule has 0 atom stereocenters. The van der Waals surface area contributed by atoms with Gasteiger partial charge in [-0.25, -0.2) is 0 Å². The Balaban J connectivity index is 1.71. The molecule has 32 heavy (non-hydrogen) atoms. The lowest BCUT2D eigenvalue weighted by Crippen LogP contribution is -2.50. The first-order chi connectivity index (χ1) is 15.0. The lowest BCUT2D eigenvalue weighted by atomic mass is 10.1. The number of anilines is 1. The lowest BCUT2D eigenvalue weighted by molar-refractivity contribution is -0.385. The molecule has 1 fully saturated rings. The van der Waals surface area contributed by atoms with Gasteiger partial charge >= 0.3 is 6.18 Å². The number of benzene rings is 1. The van der Waals surface area contributed by atoms with E-state index in [1.54, 1.807) is 0 Å². The molecule has 0 bridgehead atoms. The van der Waals surface area contributed by atoms with Crippen molar-refractivity contribution < 1.29 is 27.8 Å². The number of aromatic nitrogens is 1. The number of carbonyl (C=O) groups excluding carboxylic acids is 1. The first-order valence-corrected chi connectivity index (χ1v) is 9.20. The number of pyridine rings is 1. The minimum Gasteiger partial charge on any atom is -0.362 e. The van der Waals surface area contributed by atoms with Gasteiger partial charge in [-0.05, 0) is 12.1 Å². The molecule has 1 amide bonds. The second-order valence-electron chi connectivity index (χ2n) is 6.94. The molecule has 2 heterocycles. The maximum absolute atomic E-state index is 12.9. The lowest BCUT2D eigenvalue weighted by Gasteiger charge is -2.36. The maximum atomic E-state index is 12.9. The molecule has 0 saturated carbocycles. The SMILES string of the molecule is O=C(Cn1cc([N+](=O)[O-])ccc1=O)N1CCN(c2ccc(C(F)(F)F)cc2[N+](=O)[O-])CC1. The first-order valence-electron chi connectivity index (χ1n) is 9.20. The Morgan fingerprint density at radius 1 is 1.00 bits per heavy atom. The highest BCUT2D eigenvalue weighted by Gasteiger charge is 2.34. The van der Waals surface area contributed by atoms with Crippen LogP contribution in [-0.2, 0) is 17.5 Å². The summed E-state index contributed by atoms with van der Waals surface area (Å²) in [5.41, 5.74) is -2.77. The molecule has 1 aromatic heterocycles. The number of carbonyl (C=O) groups is 1. The topological polar surface area (TPSA) is 132 Å². The van der Waals surface area contributed by atoms with E-state index in [4.69, 9.17) is 0 Å². The fourth-order valence-electron chi connectivity index (χ4n) is 3.31. The summed E-state index contributed by atoms with van der Waals surface area (Å²) in [5, 5.41) is 22.1. The van der Waals surface area contributed by atoms with Crippen molar-refractivity contribution >= 4 is 23.0 Å². The molecule has 3 rings (SSSR count). The van der Waals surface area contributed by atoms with Crippen molar-refractivity contribution in [3.8, 4) is 0 Å². The van der Waals surface area contributed by atoms with Crippen molar-refractivity contribution in [3.05, 3.63) is 72.7 Å². The Bertz CT molecular complexity index is 1120. The number of nitro groups is 2. The molecule has 1 aliphatic rings. The van der Waals surface area contributed by atoms with Crippen molar-refractivity contribution in [3.63, 3.8) is 0 Å². The van der Waals surface area contributed by atoms with Gasteiger partial charge in [-0.2, -0.15) is 13.2 Å². The van der Waals surface area contributed by atoms with E-state index in [2.05, 4.69) is 0 Å². The molecular formula is C18H16F3N5O6. The van der Waals surface area contributed by atoms with Crippen LogP contribution >= 0.6 is 0 Å². The van der Waals surface area contributed by atoms with Crippen LogP contribution in [0.2, 0.25) is 0 Å². The predicted octanol–water partition coefficient (Wildman–Crippen LogP) is 2.03. The second kappa shape index (κ2) is 8.64. The molecule has 11 nitrogen and oxygen atoms in total. The minimum absolute atomic E-state index is 0.00463. The van der Waals surface area contributed by atoms with E-state index in [1.807, 2.05) is 0 Å². The third kappa shape index (κ3) is 4.84. The fourth-order valence-corrected chi connectivity index (χ4v) is 3.31. The molecule has 1 aliphatic heterocycles. The Hall–Kier alpha value is -3.97. The van der Waals surface area contributed by atoms with Gasteiger partial charge in [0.2, 0.25) is 5.91 Å². The molecule has 0 spiro atoms. The third-order valence-electron chi connectivity index (χ3n) is 4.96. The van der Waals surface area contributed by atoms with Crippen molar-refractivity contribution in [2.45, 2.75) is 12.7 Å². The fraction of sp³-hybridized carbons (Fsp3) is 0.333. The van der Waals surface area contributed by atoms with Crippen LogP contribution in [0.15, 0.2) is 41.3 Å². The van der Waals surface area contributed by atoms with Crippen molar-refractivity contribution in [1.82, 2.24) is 9.47 Å². The van der Waals surface area contributed by atoms with E-state index in [0.29, 0.717) is 6.07 Å². The van der Waals surface area contributed by atoms with E-state index in [-0.39, 0.29) is 37.6 Å². The zero-order chi connectivity index (χ0) is 23.6. The first kappa shape index (κ1) is 22.7. The van der Waals surface area contributed by atoms with Gasteiger partial charge in [0, 0.05) is 44.4 Å². The Kier molecular flexibility index (Phi) is 6.13. The van der Waals surface area contributed by atoms with Crippen LogP contribution in [0.1, 0.15) is 5.56 Å². The highest BCUT2D eigenvalue weighted by Crippen LogP contribution is 2.36. The number of nitro benzene ring substituents is 1. The largest absolute Gasteiger partial charge is 0.416 e. The van der Waals surface area contributed by atoms with E-state index in [1.165, 1.54) is 9.80 Å². The highest BCUT2D eigenvalue weighted by atomic mass is 19.4. The molecule has 0 radical (unpaired) electrons. The standard InChI is InChI=1S/C18H16F3N5O6/c19-18(20,21)12-1-3-14(15(9-12)26(31)32)22-5-7-23(8-6-22)17(28)11-24-10-13(25(29)30)2-4-16(24)27/h1-4,9-10H,5-8,11H2. The number of nitrogens with zero attached hydrogens (tertiary/aromatic N) is 5. The molecular weight excluding hydrogens is 439 g/mol. The van der Waals surface area contributed by atoms with E-state index in [9.17, 15) is 43.0 Å². The molecule has 1 saturated heterocycles. The Morgan fingerprint density at radius 3 is 2.22 bits per heavy atom. The zero-order valence-electron chi connectivity index (χ0n) is 16.3. The third-order valence-corrected chi connectivity index (χ3v) is 4.96. The Labute approximate surface area is 177 Å². The van der Waals surface area contributed by atoms with Gasteiger partial charge in [0.25, 0.3) is 16.9 Å². The number of amides is 1. The van der Waals surface area contributed by atoms with Gasteiger partial charge in [-0.3, -0.25) is 34.4 Å². The summed E-state index contributed by atoms with van der Waals surface area (Å²) in [6.45, 7) is -0.00806. The monoisotopic (exact) mass is 455 g/mol. The average molecular weight is 455 g/mol. The molecule has 0 aliphatic carbocycles. The zero-order valence-corrected chi connectivity index (χ0v) is 16.3. The van der Waals surface area contributed by atoms with Crippen LogP contribution in [0.5, 0.6) is 0 Å². The second-order valence-corrected chi connectivity index (χ2v) is 6.94. The molecule has 0 N–H and O–H groups in total. The number of rotatable bonds is 5. The molecule has 14 heteroatoms. The Morgan fingerprint density at radius 2 is 1.66 bits per heavy atom. The van der Waals surface area contributed by atoms with E-state index in [0.717, 1.165) is 35.0 Å². The summed E-state index contributed by atoms with van der Waals surface area (Å²) >= 11 is 0. The van der Waals surface area contributed by atoms with Crippen LogP contribution in [0.25, 0.3) is 0 Å². The maximum Gasteiger partial charge on any atom is 0.416 e. The number of hydrogen-bond donors (Lipinski definition) is 0. The summed E-state index contributed by atoms with van der Waals surface area (Å²) < 4.78 is 39.6. The molecule has 2 aromatic rings. The van der Waals surface area contributed by atoms with Crippen molar-refractivity contribution in [1.29, 1.82) is 0 Å². The highest BCUT2D eigenvalue weighted by molar-refractivity contribution is 5.76. The van der Waals surface area contributed by atoms with Gasteiger partial charge < -0.3 is 9.80 Å². The molecule has 170 valence electrons. The summed E-state index contributed by atoms with van der Waals surface area (Å²) in [5.74, 6) is -0.492. The van der Waals surface area contributed by atoms with E-state index >= 15 is 0 Å². The predicted molar refractivity (Wildman–Crippen MR) is 104 cm³/mol. The average Bonchev–Trinajstić information content (AvgIpc) is 2.74. The van der Waals surface area contributed by atoms with Crippen molar-refractivity contribution in [2.24, 2.45) is 0 Å². The van der Waals surface area contributed by atoms with Crippen LogP contribution in [0, 0.1) is 20.2 Å². The van der Waals surface area contributed by atoms with Crippen LogP contribution in [-0.4, -0.2) is 51.4 Å². The van der Waals surface area contributed by atoms with Gasteiger partial charge in [0.1, 0.15) is 12.2 Å². The number of halogens is 3. The number of piperazine rings is 1. The normalized spacial score (nSPS) is 14.3.